The summed E-state index contributed by atoms with van der Waals surface area (Å²) in [4.78, 5) is 16.8. The van der Waals surface area contributed by atoms with Gasteiger partial charge in [-0.25, -0.2) is 4.98 Å². The van der Waals surface area contributed by atoms with Gasteiger partial charge in [-0.2, -0.15) is 24.7 Å². The lowest BCUT2D eigenvalue weighted by Crippen LogP contribution is -2.09. The number of hydrogen-bond donors (Lipinski definition) is 1. The van der Waals surface area contributed by atoms with Gasteiger partial charge in [-0.05, 0) is 12.8 Å². The first-order valence-corrected chi connectivity index (χ1v) is 5.15. The zero-order chi connectivity index (χ0) is 11.0. The number of rotatable bonds is 3. The molecular weight excluding hydrogens is 206 g/mol. The third-order valence-corrected chi connectivity index (χ3v) is 2.43. The van der Waals surface area contributed by atoms with Crippen LogP contribution in [0.2, 0.25) is 0 Å². The van der Waals surface area contributed by atoms with E-state index >= 15 is 0 Å². The fourth-order valence-corrected chi connectivity index (χ4v) is 1.43. The molecule has 0 aliphatic heterocycles. The Hall–Kier alpha value is -2.05. The predicted octanol–water partition coefficient (Wildman–Crippen LogP) is 0.371. The van der Waals surface area contributed by atoms with Gasteiger partial charge in [0, 0.05) is 13.0 Å². The Morgan fingerprint density at radius 1 is 1.31 bits per heavy atom. The summed E-state index contributed by atoms with van der Waals surface area (Å²) < 4.78 is 1.54. The summed E-state index contributed by atoms with van der Waals surface area (Å²) in [7, 11) is 1.79. The summed E-state index contributed by atoms with van der Waals surface area (Å²) >= 11 is 0. The van der Waals surface area contributed by atoms with E-state index in [9.17, 15) is 0 Å². The highest BCUT2D eigenvalue weighted by molar-refractivity contribution is 5.28. The van der Waals surface area contributed by atoms with E-state index in [1.807, 2.05) is 0 Å². The number of anilines is 1. The van der Waals surface area contributed by atoms with Gasteiger partial charge in [0.15, 0.2) is 0 Å². The lowest BCUT2D eigenvalue weighted by atomic mass is 10.4. The maximum Gasteiger partial charge on any atom is 0.257 e. The molecule has 2 heterocycles. The van der Waals surface area contributed by atoms with Crippen molar-refractivity contribution in [3.8, 4) is 5.95 Å². The molecule has 7 nitrogen and oxygen atoms in total. The second-order valence-corrected chi connectivity index (χ2v) is 3.68. The molecule has 2 aromatic heterocycles. The molecule has 82 valence electrons. The van der Waals surface area contributed by atoms with Gasteiger partial charge in [-0.1, -0.05) is 0 Å². The smallest absolute Gasteiger partial charge is 0.257 e. The van der Waals surface area contributed by atoms with Crippen LogP contribution in [0.4, 0.5) is 5.95 Å². The van der Waals surface area contributed by atoms with Crippen molar-refractivity contribution in [1.82, 2.24) is 29.7 Å². The minimum absolute atomic E-state index is 0.484. The molecule has 7 heteroatoms. The van der Waals surface area contributed by atoms with Crippen molar-refractivity contribution in [3.05, 3.63) is 18.5 Å². The van der Waals surface area contributed by atoms with Gasteiger partial charge in [0.1, 0.15) is 18.5 Å². The van der Waals surface area contributed by atoms with Gasteiger partial charge >= 0.3 is 0 Å². The van der Waals surface area contributed by atoms with Crippen LogP contribution in [0.15, 0.2) is 12.7 Å². The maximum absolute atomic E-state index is 4.38. The Bertz CT molecular complexity index is 489. The van der Waals surface area contributed by atoms with Crippen LogP contribution in [-0.2, 0) is 0 Å². The molecular formula is C9H11N7. The molecule has 0 atom stereocenters. The monoisotopic (exact) mass is 217 g/mol. The average molecular weight is 217 g/mol. The van der Waals surface area contributed by atoms with Crippen LogP contribution < -0.4 is 5.32 Å². The van der Waals surface area contributed by atoms with Gasteiger partial charge in [-0.3, -0.25) is 0 Å². The third kappa shape index (κ3) is 1.60. The van der Waals surface area contributed by atoms with Crippen molar-refractivity contribution in [1.29, 1.82) is 0 Å². The van der Waals surface area contributed by atoms with Crippen LogP contribution >= 0.6 is 0 Å². The zero-order valence-electron chi connectivity index (χ0n) is 8.83. The molecule has 16 heavy (non-hydrogen) atoms. The van der Waals surface area contributed by atoms with E-state index in [2.05, 4.69) is 30.4 Å². The van der Waals surface area contributed by atoms with Crippen LogP contribution in [0.25, 0.3) is 5.95 Å². The van der Waals surface area contributed by atoms with Crippen molar-refractivity contribution in [2.24, 2.45) is 0 Å². The molecule has 0 saturated heterocycles. The third-order valence-electron chi connectivity index (χ3n) is 2.43. The Kier molecular flexibility index (Phi) is 2.02. The molecule has 0 unspecified atom stereocenters. The van der Waals surface area contributed by atoms with Crippen molar-refractivity contribution in [3.63, 3.8) is 0 Å². The first-order valence-electron chi connectivity index (χ1n) is 5.15. The van der Waals surface area contributed by atoms with E-state index in [-0.39, 0.29) is 0 Å². The van der Waals surface area contributed by atoms with Crippen molar-refractivity contribution < 1.29 is 0 Å². The molecule has 2 aromatic rings. The Balaban J connectivity index is 2.06. The van der Waals surface area contributed by atoms with E-state index in [0.29, 0.717) is 17.8 Å². The topological polar surface area (TPSA) is 81.4 Å². The second-order valence-electron chi connectivity index (χ2n) is 3.68. The summed E-state index contributed by atoms with van der Waals surface area (Å²) in [5, 5.41) is 6.94. The molecule has 1 saturated carbocycles. The number of nitrogens with one attached hydrogen (secondary N) is 1. The van der Waals surface area contributed by atoms with Crippen LogP contribution in [0.3, 0.4) is 0 Å². The van der Waals surface area contributed by atoms with Gasteiger partial charge in [-0.15, -0.1) is 0 Å². The Morgan fingerprint density at radius 3 is 2.81 bits per heavy atom. The highest BCUT2D eigenvalue weighted by Gasteiger charge is 2.28. The van der Waals surface area contributed by atoms with E-state index in [0.717, 1.165) is 18.7 Å². The molecule has 0 bridgehead atoms. The number of nitrogens with zero attached hydrogens (tertiary/aromatic N) is 6. The molecule has 0 radical (unpaired) electrons. The summed E-state index contributed by atoms with van der Waals surface area (Å²) in [6, 6.07) is 0. The highest BCUT2D eigenvalue weighted by atomic mass is 15.4. The fourth-order valence-electron chi connectivity index (χ4n) is 1.43. The first-order chi connectivity index (χ1) is 7.86. The quantitative estimate of drug-likeness (QED) is 0.800. The van der Waals surface area contributed by atoms with Crippen LogP contribution in [-0.4, -0.2) is 36.8 Å². The van der Waals surface area contributed by atoms with E-state index in [4.69, 9.17) is 0 Å². The summed E-state index contributed by atoms with van der Waals surface area (Å²) in [6.07, 6.45) is 5.35. The van der Waals surface area contributed by atoms with E-state index < -0.39 is 0 Å². The standard InChI is InChI=1S/C9H11N7/c1-10-8-13-7(6-2-3-6)14-9(15-8)16-5-11-4-12-16/h4-6H,2-3H2,1H3,(H,10,13,14,15). The average Bonchev–Trinajstić information content (AvgIpc) is 3.04. The minimum Gasteiger partial charge on any atom is -0.357 e. The molecule has 1 N–H and O–H groups in total. The maximum atomic E-state index is 4.38. The highest BCUT2D eigenvalue weighted by Crippen LogP contribution is 2.38. The zero-order valence-corrected chi connectivity index (χ0v) is 8.83. The molecule has 0 spiro atoms. The van der Waals surface area contributed by atoms with Crippen LogP contribution in [0.5, 0.6) is 0 Å². The fraction of sp³-hybridized carbons (Fsp3) is 0.444. The van der Waals surface area contributed by atoms with Crippen molar-refractivity contribution in [2.75, 3.05) is 12.4 Å². The lowest BCUT2D eigenvalue weighted by Gasteiger charge is -2.04. The van der Waals surface area contributed by atoms with Crippen LogP contribution in [0.1, 0.15) is 24.6 Å². The van der Waals surface area contributed by atoms with Gasteiger partial charge in [0.2, 0.25) is 5.95 Å². The molecule has 0 amide bonds. The van der Waals surface area contributed by atoms with Crippen LogP contribution in [0, 0.1) is 0 Å². The molecule has 1 aliphatic rings. The molecule has 1 aliphatic carbocycles. The van der Waals surface area contributed by atoms with E-state index in [1.54, 1.807) is 13.4 Å². The molecule has 1 fully saturated rings. The van der Waals surface area contributed by atoms with Gasteiger partial charge < -0.3 is 5.32 Å². The normalized spacial score (nSPS) is 15.1. The minimum atomic E-state index is 0.484. The predicted molar refractivity (Wildman–Crippen MR) is 56.3 cm³/mol. The number of hydrogen-bond acceptors (Lipinski definition) is 6. The SMILES string of the molecule is CNc1nc(C2CC2)nc(-n2cncn2)n1. The summed E-state index contributed by atoms with van der Waals surface area (Å²) in [5.41, 5.74) is 0. The molecule has 0 aromatic carbocycles. The van der Waals surface area contributed by atoms with Crippen molar-refractivity contribution >= 4 is 5.95 Å². The first kappa shape index (κ1) is 9.20. The largest absolute Gasteiger partial charge is 0.357 e. The second kappa shape index (κ2) is 3.51. The summed E-state index contributed by atoms with van der Waals surface area (Å²) in [6.45, 7) is 0. The van der Waals surface area contributed by atoms with Crippen molar-refractivity contribution in [2.45, 2.75) is 18.8 Å². The Labute approximate surface area is 92.0 Å². The lowest BCUT2D eigenvalue weighted by molar-refractivity contribution is 0.767. The summed E-state index contributed by atoms with van der Waals surface area (Å²) in [5.74, 6) is 2.41. The Morgan fingerprint density at radius 2 is 2.19 bits per heavy atom. The van der Waals surface area contributed by atoms with E-state index in [1.165, 1.54) is 11.0 Å². The number of aromatic nitrogens is 6. The van der Waals surface area contributed by atoms with Gasteiger partial charge in [0.25, 0.3) is 5.95 Å². The molecule has 3 rings (SSSR count). The van der Waals surface area contributed by atoms with Gasteiger partial charge in [0.05, 0.1) is 0 Å².